The molecule has 1 aliphatic heterocycles. The minimum atomic E-state index is -1.03. The molecule has 0 spiro atoms. The zero-order chi connectivity index (χ0) is 18.0. The number of benzene rings is 1. The average molecular weight is 347 g/mol. The van der Waals surface area contributed by atoms with Crippen molar-refractivity contribution in [2.45, 2.75) is 64.5 Å². The van der Waals surface area contributed by atoms with Gasteiger partial charge in [-0.05, 0) is 50.9 Å². The van der Waals surface area contributed by atoms with Gasteiger partial charge in [-0.2, -0.15) is 0 Å². The maximum Gasteiger partial charge on any atom is 0.0673 e. The summed E-state index contributed by atoms with van der Waals surface area (Å²) in [4.78, 5) is 2.51. The van der Waals surface area contributed by atoms with Gasteiger partial charge in [-0.3, -0.25) is 0 Å². The van der Waals surface area contributed by atoms with Crippen LogP contribution in [0.2, 0.25) is 25.7 Å². The molecule has 1 aliphatic rings. The molecular formula is C20H34N2OSi. The third-order valence-electron chi connectivity index (χ3n) is 4.42. The smallest absolute Gasteiger partial charge is 0.0673 e. The minimum Gasteiger partial charge on any atom is -0.399 e. The van der Waals surface area contributed by atoms with E-state index in [1.54, 1.807) is 0 Å². The van der Waals surface area contributed by atoms with Crippen LogP contribution in [-0.2, 0) is 4.74 Å². The molecule has 0 saturated heterocycles. The van der Waals surface area contributed by atoms with Crippen LogP contribution in [0.5, 0.6) is 0 Å². The highest BCUT2D eigenvalue weighted by atomic mass is 28.3. The number of anilines is 1. The Labute approximate surface area is 148 Å². The van der Waals surface area contributed by atoms with E-state index in [9.17, 15) is 0 Å². The Hall–Kier alpha value is -1.26. The number of hydrogen-bond donors (Lipinski definition) is 1. The Balaban J connectivity index is 2.07. The van der Waals surface area contributed by atoms with Crippen LogP contribution in [0.4, 0.5) is 5.69 Å². The molecule has 0 amide bonds. The highest BCUT2D eigenvalue weighted by Crippen LogP contribution is 2.37. The van der Waals surface area contributed by atoms with Gasteiger partial charge < -0.3 is 15.4 Å². The predicted molar refractivity (Wildman–Crippen MR) is 108 cm³/mol. The lowest BCUT2D eigenvalue weighted by atomic mass is 10.0. The maximum atomic E-state index is 6.06. The fourth-order valence-electron chi connectivity index (χ4n) is 3.25. The summed E-state index contributed by atoms with van der Waals surface area (Å²) in [7, 11) is -1.03. The van der Waals surface area contributed by atoms with Gasteiger partial charge >= 0.3 is 0 Å². The van der Waals surface area contributed by atoms with Gasteiger partial charge in [0.1, 0.15) is 0 Å². The first-order valence-corrected chi connectivity index (χ1v) is 12.7. The number of hydrogen-bond acceptors (Lipinski definition) is 3. The van der Waals surface area contributed by atoms with Gasteiger partial charge in [0.15, 0.2) is 0 Å². The van der Waals surface area contributed by atoms with Crippen molar-refractivity contribution in [1.82, 2.24) is 4.90 Å². The standard InChI is InChI=1S/C20H34N2OSi/c1-20(2,3)22-18(15-23-12-13-24(4,5)6)10-11-19(22)16-8-7-9-17(21)14-16/h7-9,11,14,18H,10,12-13,15,21H2,1-6H3. The van der Waals surface area contributed by atoms with Crippen molar-refractivity contribution in [2.75, 3.05) is 18.9 Å². The van der Waals surface area contributed by atoms with Crippen molar-refractivity contribution in [1.29, 1.82) is 0 Å². The molecule has 0 radical (unpaired) electrons. The van der Waals surface area contributed by atoms with E-state index in [0.717, 1.165) is 25.3 Å². The molecule has 1 aromatic rings. The molecule has 0 aliphatic carbocycles. The normalized spacial score (nSPS) is 18.8. The number of rotatable bonds is 6. The van der Waals surface area contributed by atoms with E-state index in [1.807, 2.05) is 12.1 Å². The van der Waals surface area contributed by atoms with Crippen LogP contribution in [-0.4, -0.2) is 37.8 Å². The summed E-state index contributed by atoms with van der Waals surface area (Å²) in [6.07, 6.45) is 3.38. The third-order valence-corrected chi connectivity index (χ3v) is 6.12. The van der Waals surface area contributed by atoms with E-state index in [1.165, 1.54) is 17.3 Å². The quantitative estimate of drug-likeness (QED) is 0.455. The Morgan fingerprint density at radius 3 is 2.54 bits per heavy atom. The van der Waals surface area contributed by atoms with E-state index in [2.05, 4.69) is 63.5 Å². The lowest BCUT2D eigenvalue weighted by Gasteiger charge is -2.41. The molecular weight excluding hydrogens is 312 g/mol. The van der Waals surface area contributed by atoms with Crippen LogP contribution in [0.1, 0.15) is 32.8 Å². The molecule has 1 heterocycles. The Bertz CT molecular complexity index is 584. The molecule has 1 aromatic carbocycles. The summed E-state index contributed by atoms with van der Waals surface area (Å²) < 4.78 is 6.06. The SMILES string of the molecule is CC(C)(C)N1C(c2cccc(N)c2)=CCC1COCC[Si](C)(C)C. The van der Waals surface area contributed by atoms with Gasteiger partial charge in [-0.15, -0.1) is 0 Å². The summed E-state index contributed by atoms with van der Waals surface area (Å²) in [5, 5.41) is 0. The molecule has 0 fully saturated rings. The van der Waals surface area contributed by atoms with Crippen LogP contribution in [0.25, 0.3) is 5.70 Å². The fourth-order valence-corrected chi connectivity index (χ4v) is 4.01. The first-order valence-electron chi connectivity index (χ1n) is 9.01. The van der Waals surface area contributed by atoms with Crippen molar-refractivity contribution in [3.05, 3.63) is 35.9 Å². The van der Waals surface area contributed by atoms with E-state index in [0.29, 0.717) is 6.04 Å². The monoisotopic (exact) mass is 346 g/mol. The zero-order valence-corrected chi connectivity index (χ0v) is 17.2. The lowest BCUT2D eigenvalue weighted by molar-refractivity contribution is 0.0646. The van der Waals surface area contributed by atoms with Crippen molar-refractivity contribution in [3.8, 4) is 0 Å². The molecule has 1 unspecified atom stereocenters. The summed E-state index contributed by atoms with van der Waals surface area (Å²) in [5.74, 6) is 0. The minimum absolute atomic E-state index is 0.0553. The van der Waals surface area contributed by atoms with Crippen LogP contribution < -0.4 is 5.73 Å². The topological polar surface area (TPSA) is 38.5 Å². The van der Waals surface area contributed by atoms with Crippen molar-refractivity contribution in [3.63, 3.8) is 0 Å². The highest BCUT2D eigenvalue weighted by Gasteiger charge is 2.34. The van der Waals surface area contributed by atoms with Gasteiger partial charge in [0.25, 0.3) is 0 Å². The first-order chi connectivity index (χ1) is 11.1. The second-order valence-electron chi connectivity index (χ2n) is 9.03. The van der Waals surface area contributed by atoms with Crippen molar-refractivity contribution in [2.24, 2.45) is 0 Å². The largest absolute Gasteiger partial charge is 0.399 e. The molecule has 1 atom stereocenters. The summed E-state index contributed by atoms with van der Waals surface area (Å²) in [6.45, 7) is 15.7. The van der Waals surface area contributed by atoms with Crippen molar-refractivity contribution >= 4 is 19.5 Å². The number of nitrogens with two attached hydrogens (primary N) is 1. The molecule has 0 bridgehead atoms. The highest BCUT2D eigenvalue weighted by molar-refractivity contribution is 6.76. The van der Waals surface area contributed by atoms with Gasteiger partial charge in [0.05, 0.1) is 12.6 Å². The lowest BCUT2D eigenvalue weighted by Crippen LogP contribution is -2.46. The van der Waals surface area contributed by atoms with E-state index in [4.69, 9.17) is 10.5 Å². The zero-order valence-electron chi connectivity index (χ0n) is 16.2. The number of ether oxygens (including phenoxy) is 1. The third kappa shape index (κ3) is 5.12. The number of nitrogen functional groups attached to an aromatic ring is 1. The average Bonchev–Trinajstić information content (AvgIpc) is 2.86. The van der Waals surface area contributed by atoms with E-state index < -0.39 is 8.07 Å². The molecule has 24 heavy (non-hydrogen) atoms. The van der Waals surface area contributed by atoms with E-state index in [-0.39, 0.29) is 5.54 Å². The molecule has 0 aromatic heterocycles. The maximum absolute atomic E-state index is 6.06. The fraction of sp³-hybridized carbons (Fsp3) is 0.600. The van der Waals surface area contributed by atoms with E-state index >= 15 is 0 Å². The summed E-state index contributed by atoms with van der Waals surface area (Å²) in [5.41, 5.74) is 9.35. The molecule has 3 nitrogen and oxygen atoms in total. The second-order valence-corrected chi connectivity index (χ2v) is 14.7. The Kier molecular flexibility index (Phi) is 5.81. The van der Waals surface area contributed by atoms with Crippen LogP contribution >= 0.6 is 0 Å². The second kappa shape index (κ2) is 7.32. The Morgan fingerprint density at radius 2 is 1.96 bits per heavy atom. The van der Waals surface area contributed by atoms with Crippen LogP contribution in [0.15, 0.2) is 30.3 Å². The summed E-state index contributed by atoms with van der Waals surface area (Å²) >= 11 is 0. The predicted octanol–water partition coefficient (Wildman–Crippen LogP) is 4.84. The molecule has 0 saturated carbocycles. The number of nitrogens with zero attached hydrogens (tertiary/aromatic N) is 1. The Morgan fingerprint density at radius 1 is 1.25 bits per heavy atom. The van der Waals surface area contributed by atoms with Crippen molar-refractivity contribution < 1.29 is 4.74 Å². The first kappa shape index (κ1) is 19.1. The molecule has 2 N–H and O–H groups in total. The molecule has 4 heteroatoms. The summed E-state index contributed by atoms with van der Waals surface area (Å²) in [6, 6.07) is 9.82. The van der Waals surface area contributed by atoms with Crippen LogP contribution in [0.3, 0.4) is 0 Å². The molecule has 134 valence electrons. The van der Waals surface area contributed by atoms with Crippen LogP contribution in [0, 0.1) is 0 Å². The van der Waals surface area contributed by atoms with Gasteiger partial charge in [0.2, 0.25) is 0 Å². The molecule has 2 rings (SSSR count). The van der Waals surface area contributed by atoms with Gasteiger partial charge in [-0.25, -0.2) is 0 Å². The van der Waals surface area contributed by atoms with Gasteiger partial charge in [0, 0.05) is 31.6 Å². The van der Waals surface area contributed by atoms with Gasteiger partial charge in [-0.1, -0.05) is 37.8 Å².